The molecule has 1 atom stereocenters. The van der Waals surface area contributed by atoms with Gasteiger partial charge in [0.05, 0.1) is 5.38 Å². The molecule has 0 heterocycles. The van der Waals surface area contributed by atoms with Gasteiger partial charge in [-0.1, -0.05) is 41.9 Å². The van der Waals surface area contributed by atoms with Gasteiger partial charge >= 0.3 is 0 Å². The van der Waals surface area contributed by atoms with Crippen LogP contribution in [0.15, 0.2) is 36.4 Å². The van der Waals surface area contributed by atoms with E-state index in [2.05, 4.69) is 32.0 Å². The second-order valence-electron chi connectivity index (χ2n) is 4.66. The van der Waals surface area contributed by atoms with E-state index in [0.717, 1.165) is 21.7 Å². The Labute approximate surface area is 119 Å². The Bertz CT molecular complexity index is 573. The fourth-order valence-corrected chi connectivity index (χ4v) is 2.55. The first-order valence-corrected chi connectivity index (χ1v) is 6.78. The molecule has 2 aromatic carbocycles. The molecule has 0 fully saturated rings. The highest BCUT2D eigenvalue weighted by Gasteiger charge is 2.14. The lowest BCUT2D eigenvalue weighted by Gasteiger charge is -2.15. The predicted octanol–water partition coefficient (Wildman–Crippen LogP) is 5.59. The fourth-order valence-electron chi connectivity index (χ4n) is 2.00. The van der Waals surface area contributed by atoms with Gasteiger partial charge in [0, 0.05) is 5.02 Å². The molecule has 0 saturated heterocycles. The van der Waals surface area contributed by atoms with Gasteiger partial charge in [-0.05, 0) is 54.7 Å². The molecule has 18 heavy (non-hydrogen) atoms. The summed E-state index contributed by atoms with van der Waals surface area (Å²) in [6, 6.07) is 12.2. The number of hydrogen-bond donors (Lipinski definition) is 0. The van der Waals surface area contributed by atoms with Crippen LogP contribution in [0.3, 0.4) is 0 Å². The first-order chi connectivity index (χ1) is 8.50. The van der Waals surface area contributed by atoms with Crippen molar-refractivity contribution in [3.63, 3.8) is 0 Å². The van der Waals surface area contributed by atoms with Gasteiger partial charge in [-0.2, -0.15) is 0 Å². The first-order valence-electron chi connectivity index (χ1n) is 5.97. The molecule has 2 heteroatoms. The Kier molecular flexibility index (Phi) is 3.99. The maximum Gasteiger partial charge on any atom is 0.0838 e. The quantitative estimate of drug-likeness (QED) is 0.628. The largest absolute Gasteiger partial charge is 0.113 e. The Morgan fingerprint density at radius 1 is 0.944 bits per heavy atom. The average molecular weight is 279 g/mol. The zero-order valence-electron chi connectivity index (χ0n) is 10.8. The number of benzene rings is 2. The van der Waals surface area contributed by atoms with Crippen molar-refractivity contribution in [2.24, 2.45) is 0 Å². The molecule has 0 spiro atoms. The van der Waals surface area contributed by atoms with Crippen molar-refractivity contribution in [2.75, 3.05) is 0 Å². The van der Waals surface area contributed by atoms with Gasteiger partial charge in [0.15, 0.2) is 0 Å². The lowest BCUT2D eigenvalue weighted by molar-refractivity contribution is 1.10. The van der Waals surface area contributed by atoms with Crippen molar-refractivity contribution in [2.45, 2.75) is 26.1 Å². The van der Waals surface area contributed by atoms with Crippen LogP contribution < -0.4 is 0 Å². The second-order valence-corrected chi connectivity index (χ2v) is 5.50. The number of hydrogen-bond acceptors (Lipinski definition) is 0. The highest BCUT2D eigenvalue weighted by atomic mass is 35.5. The average Bonchev–Trinajstić information content (AvgIpc) is 2.35. The fraction of sp³-hybridized carbons (Fsp3) is 0.250. The van der Waals surface area contributed by atoms with E-state index in [9.17, 15) is 0 Å². The summed E-state index contributed by atoms with van der Waals surface area (Å²) in [5, 5.41) is 0.616. The lowest BCUT2D eigenvalue weighted by atomic mass is 9.97. The Balaban J connectivity index is 2.44. The minimum absolute atomic E-state index is 0.150. The Morgan fingerprint density at radius 3 is 2.33 bits per heavy atom. The van der Waals surface area contributed by atoms with Gasteiger partial charge < -0.3 is 0 Å². The molecular weight excluding hydrogens is 263 g/mol. The molecule has 0 aromatic heterocycles. The third kappa shape index (κ3) is 2.55. The van der Waals surface area contributed by atoms with Crippen LogP contribution in [-0.4, -0.2) is 0 Å². The molecule has 0 aliphatic heterocycles. The summed E-state index contributed by atoms with van der Waals surface area (Å²) >= 11 is 12.7. The van der Waals surface area contributed by atoms with Crippen LogP contribution in [0.2, 0.25) is 5.02 Å². The number of halogens is 2. The van der Waals surface area contributed by atoms with Crippen LogP contribution in [0.1, 0.15) is 33.2 Å². The minimum atomic E-state index is -0.150. The third-order valence-electron chi connectivity index (χ3n) is 3.41. The van der Waals surface area contributed by atoms with Gasteiger partial charge in [0.2, 0.25) is 0 Å². The zero-order chi connectivity index (χ0) is 13.3. The summed E-state index contributed by atoms with van der Waals surface area (Å²) in [7, 11) is 0. The predicted molar refractivity (Wildman–Crippen MR) is 79.8 cm³/mol. The van der Waals surface area contributed by atoms with E-state index < -0.39 is 0 Å². The van der Waals surface area contributed by atoms with Crippen LogP contribution >= 0.6 is 23.2 Å². The molecule has 0 aliphatic carbocycles. The van der Waals surface area contributed by atoms with Crippen LogP contribution in [0.25, 0.3) is 0 Å². The molecule has 2 aromatic rings. The standard InChI is InChI=1S/C16H16Cl2/c1-10-7-8-13(9-11(10)2)16(18)14-5-4-6-15(17)12(14)3/h4-9,16H,1-3H3. The van der Waals surface area contributed by atoms with Gasteiger partial charge in [0.1, 0.15) is 0 Å². The van der Waals surface area contributed by atoms with Gasteiger partial charge in [-0.3, -0.25) is 0 Å². The first kappa shape index (κ1) is 13.5. The van der Waals surface area contributed by atoms with E-state index in [0.29, 0.717) is 0 Å². The molecule has 0 amide bonds. The van der Waals surface area contributed by atoms with Gasteiger partial charge in [-0.15, -0.1) is 11.6 Å². The van der Waals surface area contributed by atoms with E-state index in [1.54, 1.807) is 0 Å². The van der Waals surface area contributed by atoms with Crippen molar-refractivity contribution in [1.29, 1.82) is 0 Å². The molecule has 0 nitrogen and oxygen atoms in total. The van der Waals surface area contributed by atoms with Gasteiger partial charge in [0.25, 0.3) is 0 Å². The van der Waals surface area contributed by atoms with Crippen LogP contribution in [0.5, 0.6) is 0 Å². The van der Waals surface area contributed by atoms with Crippen molar-refractivity contribution in [1.82, 2.24) is 0 Å². The number of alkyl halides is 1. The molecule has 1 unspecified atom stereocenters. The number of rotatable bonds is 2. The van der Waals surface area contributed by atoms with E-state index in [1.807, 2.05) is 25.1 Å². The lowest BCUT2D eigenvalue weighted by Crippen LogP contribution is -1.98. The van der Waals surface area contributed by atoms with Crippen molar-refractivity contribution < 1.29 is 0 Å². The summed E-state index contributed by atoms with van der Waals surface area (Å²) < 4.78 is 0. The minimum Gasteiger partial charge on any atom is -0.113 e. The van der Waals surface area contributed by atoms with E-state index in [1.165, 1.54) is 11.1 Å². The van der Waals surface area contributed by atoms with Crippen LogP contribution in [0.4, 0.5) is 0 Å². The molecule has 0 N–H and O–H groups in total. The molecular formula is C16H16Cl2. The second kappa shape index (κ2) is 5.34. The summed E-state index contributed by atoms with van der Waals surface area (Å²) in [6.45, 7) is 6.22. The Morgan fingerprint density at radius 2 is 1.67 bits per heavy atom. The number of aryl methyl sites for hydroxylation is 2. The van der Waals surface area contributed by atoms with Crippen molar-refractivity contribution in [3.8, 4) is 0 Å². The van der Waals surface area contributed by atoms with E-state index >= 15 is 0 Å². The van der Waals surface area contributed by atoms with Crippen molar-refractivity contribution >= 4 is 23.2 Å². The van der Waals surface area contributed by atoms with E-state index in [-0.39, 0.29) is 5.38 Å². The molecule has 0 aliphatic rings. The van der Waals surface area contributed by atoms with Gasteiger partial charge in [-0.25, -0.2) is 0 Å². The zero-order valence-corrected chi connectivity index (χ0v) is 12.3. The highest BCUT2D eigenvalue weighted by molar-refractivity contribution is 6.31. The maximum atomic E-state index is 6.57. The van der Waals surface area contributed by atoms with E-state index in [4.69, 9.17) is 23.2 Å². The van der Waals surface area contributed by atoms with Crippen LogP contribution in [-0.2, 0) is 0 Å². The smallest absolute Gasteiger partial charge is 0.0838 e. The highest BCUT2D eigenvalue weighted by Crippen LogP contribution is 2.34. The summed E-state index contributed by atoms with van der Waals surface area (Å²) in [4.78, 5) is 0. The molecule has 0 bridgehead atoms. The normalized spacial score (nSPS) is 12.5. The Hall–Kier alpha value is -0.980. The topological polar surface area (TPSA) is 0 Å². The summed E-state index contributed by atoms with van der Waals surface area (Å²) in [5.41, 5.74) is 5.79. The molecule has 0 saturated carbocycles. The monoisotopic (exact) mass is 278 g/mol. The third-order valence-corrected chi connectivity index (χ3v) is 4.30. The summed E-state index contributed by atoms with van der Waals surface area (Å²) in [6.07, 6.45) is 0. The maximum absolute atomic E-state index is 6.57. The van der Waals surface area contributed by atoms with Crippen molar-refractivity contribution in [3.05, 3.63) is 69.2 Å². The molecule has 0 radical (unpaired) electrons. The van der Waals surface area contributed by atoms with Crippen LogP contribution in [0, 0.1) is 20.8 Å². The molecule has 94 valence electrons. The molecule has 2 rings (SSSR count). The summed E-state index contributed by atoms with van der Waals surface area (Å²) in [5.74, 6) is 0. The SMILES string of the molecule is Cc1ccc(C(Cl)c2cccc(Cl)c2C)cc1C.